The SMILES string of the molecule is CCCCCCCCCCCCC(=O)O[C@@H](COP=O)COC(=O)CCCCCCCCCCCCCCCS. The molecule has 0 fully saturated rings. The molecular formula is C32H61O6PS. The van der Waals surface area contributed by atoms with Crippen molar-refractivity contribution in [2.45, 2.75) is 174 Å². The molecule has 0 aliphatic carbocycles. The van der Waals surface area contributed by atoms with E-state index in [9.17, 15) is 14.2 Å². The Kier molecular flexibility index (Phi) is 32.3. The summed E-state index contributed by atoms with van der Waals surface area (Å²) in [4.78, 5) is 24.3. The van der Waals surface area contributed by atoms with Crippen molar-refractivity contribution in [1.29, 1.82) is 0 Å². The maximum absolute atomic E-state index is 12.2. The van der Waals surface area contributed by atoms with Crippen LogP contribution in [0, 0.1) is 0 Å². The highest BCUT2D eigenvalue weighted by Crippen LogP contribution is 2.14. The molecule has 0 radical (unpaired) electrons. The van der Waals surface area contributed by atoms with Crippen molar-refractivity contribution in [2.24, 2.45) is 0 Å². The van der Waals surface area contributed by atoms with Crippen molar-refractivity contribution in [3.63, 3.8) is 0 Å². The van der Waals surface area contributed by atoms with Gasteiger partial charge in [0.05, 0.1) is 0 Å². The fourth-order valence-corrected chi connectivity index (χ4v) is 5.27. The van der Waals surface area contributed by atoms with Gasteiger partial charge in [-0.15, -0.1) is 0 Å². The minimum absolute atomic E-state index is 0.0574. The van der Waals surface area contributed by atoms with E-state index < -0.39 is 14.8 Å². The monoisotopic (exact) mass is 604 g/mol. The molecule has 0 bridgehead atoms. The molecule has 0 saturated carbocycles. The summed E-state index contributed by atoms with van der Waals surface area (Å²) in [7, 11) is -0.483. The maximum atomic E-state index is 12.2. The van der Waals surface area contributed by atoms with E-state index >= 15 is 0 Å². The number of carbonyl (C=O) groups excluding carboxylic acids is 2. The van der Waals surface area contributed by atoms with Crippen molar-refractivity contribution in [1.82, 2.24) is 0 Å². The number of carbonyl (C=O) groups is 2. The average Bonchev–Trinajstić information content (AvgIpc) is 2.95. The Morgan fingerprint density at radius 2 is 0.975 bits per heavy atom. The largest absolute Gasteiger partial charge is 0.462 e. The fraction of sp³-hybridized carbons (Fsp3) is 0.938. The lowest BCUT2D eigenvalue weighted by molar-refractivity contribution is -0.160. The number of esters is 2. The molecule has 1 atom stereocenters. The lowest BCUT2D eigenvalue weighted by atomic mass is 10.0. The summed E-state index contributed by atoms with van der Waals surface area (Å²) in [5.74, 6) is 0.401. The van der Waals surface area contributed by atoms with Crippen LogP contribution >= 0.6 is 21.3 Å². The molecule has 236 valence electrons. The second kappa shape index (κ2) is 32.9. The summed E-state index contributed by atoms with van der Waals surface area (Å²) in [6.45, 7) is 2.11. The summed E-state index contributed by atoms with van der Waals surface area (Å²) < 4.78 is 26.3. The van der Waals surface area contributed by atoms with Gasteiger partial charge >= 0.3 is 20.6 Å². The Hall–Kier alpha value is -0.650. The topological polar surface area (TPSA) is 78.9 Å². The van der Waals surface area contributed by atoms with Crippen LogP contribution in [-0.2, 0) is 28.2 Å². The third-order valence-electron chi connectivity index (χ3n) is 7.31. The number of hydrogen-bond donors (Lipinski definition) is 1. The predicted octanol–water partition coefficient (Wildman–Crippen LogP) is 10.4. The summed E-state index contributed by atoms with van der Waals surface area (Å²) >= 11 is 4.25. The molecule has 0 aliphatic rings. The number of rotatable bonds is 32. The molecule has 0 aromatic carbocycles. The highest BCUT2D eigenvalue weighted by atomic mass is 32.1. The molecule has 40 heavy (non-hydrogen) atoms. The van der Waals surface area contributed by atoms with E-state index in [-0.39, 0.29) is 25.2 Å². The second-order valence-corrected chi connectivity index (χ2v) is 12.0. The van der Waals surface area contributed by atoms with Crippen molar-refractivity contribution < 1.29 is 28.2 Å². The molecule has 0 heterocycles. The van der Waals surface area contributed by atoms with E-state index in [1.54, 1.807) is 0 Å². The van der Waals surface area contributed by atoms with Crippen molar-refractivity contribution >= 4 is 33.3 Å². The van der Waals surface area contributed by atoms with Crippen LogP contribution in [0.4, 0.5) is 0 Å². The van der Waals surface area contributed by atoms with Gasteiger partial charge in [-0.05, 0) is 25.0 Å². The van der Waals surface area contributed by atoms with Crippen LogP contribution in [0.1, 0.15) is 167 Å². The first-order valence-corrected chi connectivity index (χ1v) is 17.9. The zero-order chi connectivity index (χ0) is 29.4. The van der Waals surface area contributed by atoms with Gasteiger partial charge in [0.25, 0.3) is 0 Å². The number of hydrogen-bond acceptors (Lipinski definition) is 7. The van der Waals surface area contributed by atoms with Gasteiger partial charge in [-0.25, -0.2) is 4.57 Å². The van der Waals surface area contributed by atoms with Crippen molar-refractivity contribution in [3.05, 3.63) is 0 Å². The first-order valence-electron chi connectivity index (χ1n) is 16.5. The van der Waals surface area contributed by atoms with Crippen LogP contribution in [0.2, 0.25) is 0 Å². The Balaban J connectivity index is 3.74. The van der Waals surface area contributed by atoms with Crippen LogP contribution in [-0.4, -0.2) is 37.0 Å². The molecule has 0 spiro atoms. The minimum Gasteiger partial charge on any atom is -0.462 e. The van der Waals surface area contributed by atoms with E-state index in [1.807, 2.05) is 0 Å². The third kappa shape index (κ3) is 30.3. The summed E-state index contributed by atoms with van der Waals surface area (Å²) in [5.41, 5.74) is 0. The van der Waals surface area contributed by atoms with Crippen molar-refractivity contribution in [3.8, 4) is 0 Å². The van der Waals surface area contributed by atoms with E-state index in [1.165, 1.54) is 109 Å². The highest BCUT2D eigenvalue weighted by Gasteiger charge is 2.17. The minimum atomic E-state index is -0.728. The molecule has 0 aliphatic heterocycles. The zero-order valence-electron chi connectivity index (χ0n) is 25.7. The van der Waals surface area contributed by atoms with Crippen LogP contribution < -0.4 is 0 Å². The van der Waals surface area contributed by atoms with Gasteiger partial charge in [0.1, 0.15) is 13.2 Å². The Morgan fingerprint density at radius 1 is 0.575 bits per heavy atom. The van der Waals surface area contributed by atoms with Crippen LogP contribution in [0.25, 0.3) is 0 Å². The smallest absolute Gasteiger partial charge is 0.327 e. The molecule has 6 nitrogen and oxygen atoms in total. The van der Waals surface area contributed by atoms with E-state index in [0.29, 0.717) is 12.8 Å². The lowest BCUT2D eigenvalue weighted by Gasteiger charge is -2.16. The lowest BCUT2D eigenvalue weighted by Crippen LogP contribution is -2.28. The highest BCUT2D eigenvalue weighted by molar-refractivity contribution is 7.80. The van der Waals surface area contributed by atoms with Crippen LogP contribution in [0.15, 0.2) is 0 Å². The molecule has 0 saturated heterocycles. The van der Waals surface area contributed by atoms with Gasteiger partial charge < -0.3 is 9.47 Å². The molecule has 0 aromatic rings. The summed E-state index contributed by atoms with van der Waals surface area (Å²) in [6.07, 6.45) is 28.1. The molecule has 0 rings (SSSR count). The molecule has 0 aromatic heterocycles. The van der Waals surface area contributed by atoms with Gasteiger partial charge in [-0.3, -0.25) is 14.1 Å². The first kappa shape index (κ1) is 39.4. The number of thiol groups is 1. The normalized spacial score (nSPS) is 12.1. The Labute approximate surface area is 253 Å². The molecule has 0 N–H and O–H groups in total. The van der Waals surface area contributed by atoms with Gasteiger partial charge in [-0.2, -0.15) is 12.6 Å². The van der Waals surface area contributed by atoms with Crippen molar-refractivity contribution in [2.75, 3.05) is 19.0 Å². The van der Waals surface area contributed by atoms with Gasteiger partial charge in [0, 0.05) is 12.8 Å². The second-order valence-electron chi connectivity index (χ2n) is 11.2. The quantitative estimate of drug-likeness (QED) is 0.0356. The molecule has 0 amide bonds. The molecule has 0 unspecified atom stereocenters. The number of ether oxygens (including phenoxy) is 2. The van der Waals surface area contributed by atoms with E-state index in [0.717, 1.165) is 44.3 Å². The van der Waals surface area contributed by atoms with E-state index in [2.05, 4.69) is 19.6 Å². The fourth-order valence-electron chi connectivity index (χ4n) is 4.82. The zero-order valence-corrected chi connectivity index (χ0v) is 27.5. The molecular weight excluding hydrogens is 543 g/mol. The van der Waals surface area contributed by atoms with Crippen LogP contribution in [0.5, 0.6) is 0 Å². The average molecular weight is 605 g/mol. The van der Waals surface area contributed by atoms with Gasteiger partial charge in [-0.1, -0.05) is 135 Å². The van der Waals surface area contributed by atoms with Gasteiger partial charge in [0.15, 0.2) is 6.10 Å². The summed E-state index contributed by atoms with van der Waals surface area (Å²) in [5, 5.41) is 0. The van der Waals surface area contributed by atoms with E-state index in [4.69, 9.17) is 14.0 Å². The molecule has 8 heteroatoms. The predicted molar refractivity (Wildman–Crippen MR) is 169 cm³/mol. The Bertz CT molecular complexity index is 578. The third-order valence-corrected chi connectivity index (χ3v) is 7.89. The standard InChI is InChI=1S/C32H61O6PS/c1-2-3-4-5-6-7-13-17-20-23-26-32(34)38-30(29-37-39-35)28-36-31(33)25-22-19-16-14-11-9-8-10-12-15-18-21-24-27-40/h30,40H,2-29H2,1H3/t30-/m1/s1. The summed E-state index contributed by atoms with van der Waals surface area (Å²) in [6, 6.07) is 0. The number of unbranched alkanes of at least 4 members (excludes halogenated alkanes) is 21. The maximum Gasteiger partial charge on any atom is 0.327 e. The van der Waals surface area contributed by atoms with Gasteiger partial charge in [0.2, 0.25) is 0 Å². The first-order chi connectivity index (χ1) is 19.6. The Morgan fingerprint density at radius 3 is 1.40 bits per heavy atom. The van der Waals surface area contributed by atoms with Crippen LogP contribution in [0.3, 0.4) is 0 Å².